The zero-order valence-electron chi connectivity index (χ0n) is 14.3. The van der Waals surface area contributed by atoms with Crippen molar-refractivity contribution in [3.05, 3.63) is 46.3 Å². The number of hydrogen-bond acceptors (Lipinski definition) is 5. The second-order valence-corrected chi connectivity index (χ2v) is 8.54. The normalized spacial score (nSPS) is 11.4. The van der Waals surface area contributed by atoms with Crippen LogP contribution in [0.4, 0.5) is 0 Å². The Morgan fingerprint density at radius 3 is 2.64 bits per heavy atom. The topological polar surface area (TPSA) is 76.8 Å². The first-order chi connectivity index (χ1) is 11.7. The van der Waals surface area contributed by atoms with E-state index in [1.807, 2.05) is 6.92 Å². The summed E-state index contributed by atoms with van der Waals surface area (Å²) < 4.78 is 34.5. The summed E-state index contributed by atoms with van der Waals surface area (Å²) in [6.07, 6.45) is 1.76. The molecule has 1 aromatic heterocycles. The average molecular weight is 430 g/mol. The van der Waals surface area contributed by atoms with E-state index < -0.39 is 9.84 Å². The number of aryl methyl sites for hydroxylation is 1. The van der Waals surface area contributed by atoms with Gasteiger partial charge in [-0.3, -0.25) is 4.79 Å². The summed E-state index contributed by atoms with van der Waals surface area (Å²) in [7, 11) is -1.56. The highest BCUT2D eigenvalue weighted by Gasteiger charge is 2.18. The van der Waals surface area contributed by atoms with Crippen molar-refractivity contribution in [2.75, 3.05) is 26.5 Å². The van der Waals surface area contributed by atoms with Gasteiger partial charge >= 0.3 is 0 Å². The van der Waals surface area contributed by atoms with Gasteiger partial charge in [0.15, 0.2) is 20.3 Å². The van der Waals surface area contributed by atoms with Crippen LogP contribution in [0.5, 0.6) is 5.75 Å². The molecule has 0 unspecified atom stereocenters. The molecule has 1 amide bonds. The van der Waals surface area contributed by atoms with Gasteiger partial charge in [-0.25, -0.2) is 8.42 Å². The molecule has 0 atom stereocenters. The van der Waals surface area contributed by atoms with E-state index in [0.29, 0.717) is 35.8 Å². The fraction of sp³-hybridized carbons (Fsp3) is 0.353. The van der Waals surface area contributed by atoms with Crippen LogP contribution in [0, 0.1) is 6.92 Å². The minimum absolute atomic E-state index is 0.192. The highest BCUT2D eigenvalue weighted by atomic mass is 79.9. The maximum Gasteiger partial charge on any atom is 0.289 e. The van der Waals surface area contributed by atoms with E-state index in [4.69, 9.17) is 9.15 Å². The van der Waals surface area contributed by atoms with Gasteiger partial charge in [0.2, 0.25) is 0 Å². The Hall–Kier alpha value is -1.80. The number of benzene rings is 1. The molecular formula is C17H20BrNO5S. The third-order valence-electron chi connectivity index (χ3n) is 3.57. The second kappa shape index (κ2) is 8.05. The molecule has 0 saturated heterocycles. The van der Waals surface area contributed by atoms with Gasteiger partial charge in [-0.05, 0) is 53.5 Å². The van der Waals surface area contributed by atoms with E-state index in [-0.39, 0.29) is 10.8 Å². The van der Waals surface area contributed by atoms with Gasteiger partial charge in [-0.15, -0.1) is 0 Å². The van der Waals surface area contributed by atoms with Crippen molar-refractivity contribution in [2.45, 2.75) is 18.2 Å². The summed E-state index contributed by atoms with van der Waals surface area (Å²) in [6, 6.07) is 8.11. The van der Waals surface area contributed by atoms with Crippen molar-refractivity contribution in [3.8, 4) is 5.75 Å². The number of nitrogens with zero attached hydrogens (tertiary/aromatic N) is 1. The number of carbonyl (C=O) groups is 1. The molecular weight excluding hydrogens is 410 g/mol. The monoisotopic (exact) mass is 429 g/mol. The third kappa shape index (κ3) is 5.34. The quantitative estimate of drug-likeness (QED) is 0.630. The Labute approximate surface area is 155 Å². The van der Waals surface area contributed by atoms with E-state index in [0.717, 1.165) is 11.8 Å². The first kappa shape index (κ1) is 19.5. The van der Waals surface area contributed by atoms with Crippen LogP contribution >= 0.6 is 15.9 Å². The molecule has 8 heteroatoms. The number of carbonyl (C=O) groups excluding carboxylic acids is 1. The second-order valence-electron chi connectivity index (χ2n) is 5.74. The van der Waals surface area contributed by atoms with E-state index in [9.17, 15) is 13.2 Å². The summed E-state index contributed by atoms with van der Waals surface area (Å²) in [5.41, 5.74) is 0.776. The largest absolute Gasteiger partial charge is 0.493 e. The Morgan fingerprint density at radius 1 is 1.32 bits per heavy atom. The zero-order chi connectivity index (χ0) is 18.6. The van der Waals surface area contributed by atoms with Gasteiger partial charge in [0.25, 0.3) is 5.91 Å². The molecule has 0 aliphatic rings. The lowest BCUT2D eigenvalue weighted by Gasteiger charge is -2.16. The Kier molecular flexibility index (Phi) is 6.29. The highest BCUT2D eigenvalue weighted by Crippen LogP contribution is 2.21. The number of rotatable bonds is 7. The van der Waals surface area contributed by atoms with Crippen LogP contribution in [0.15, 0.2) is 44.3 Å². The maximum absolute atomic E-state index is 12.3. The van der Waals surface area contributed by atoms with Crippen LogP contribution in [0.1, 0.15) is 22.5 Å². The molecule has 0 aliphatic carbocycles. The predicted molar refractivity (Wildman–Crippen MR) is 97.8 cm³/mol. The summed E-state index contributed by atoms with van der Waals surface area (Å²) >= 11 is 3.21. The van der Waals surface area contributed by atoms with Gasteiger partial charge in [-0.1, -0.05) is 6.07 Å². The molecule has 0 spiro atoms. The van der Waals surface area contributed by atoms with Crippen molar-refractivity contribution in [1.82, 2.24) is 4.90 Å². The number of hydrogen-bond donors (Lipinski definition) is 0. The molecule has 0 N–H and O–H groups in total. The molecule has 0 radical (unpaired) electrons. The number of halogens is 1. The first-order valence-electron chi connectivity index (χ1n) is 7.63. The molecule has 6 nitrogen and oxygen atoms in total. The molecule has 2 aromatic rings. The van der Waals surface area contributed by atoms with Crippen LogP contribution in [0.3, 0.4) is 0 Å². The summed E-state index contributed by atoms with van der Waals surface area (Å²) in [6.45, 7) is 2.67. The van der Waals surface area contributed by atoms with E-state index in [1.54, 1.807) is 30.1 Å². The third-order valence-corrected chi connectivity index (χ3v) is 5.07. The number of furan rings is 1. The molecule has 0 fully saturated rings. The molecule has 0 saturated carbocycles. The molecule has 136 valence electrons. The van der Waals surface area contributed by atoms with Gasteiger partial charge in [0, 0.05) is 25.4 Å². The lowest BCUT2D eigenvalue weighted by molar-refractivity contribution is 0.0754. The SMILES string of the molecule is Cc1cc(Br)oc1C(=O)N(C)CCCOc1cccc(S(C)(=O)=O)c1. The van der Waals surface area contributed by atoms with Crippen molar-refractivity contribution in [2.24, 2.45) is 0 Å². The summed E-state index contributed by atoms with van der Waals surface area (Å²) in [4.78, 5) is 14.1. The lowest BCUT2D eigenvalue weighted by atomic mass is 10.2. The summed E-state index contributed by atoms with van der Waals surface area (Å²) in [5.74, 6) is 0.612. The fourth-order valence-electron chi connectivity index (χ4n) is 2.22. The van der Waals surface area contributed by atoms with Crippen molar-refractivity contribution >= 4 is 31.7 Å². The summed E-state index contributed by atoms with van der Waals surface area (Å²) in [5, 5.41) is 0. The standard InChI is InChI=1S/C17H20BrNO5S/c1-12-10-15(18)24-16(12)17(20)19(2)8-5-9-23-13-6-4-7-14(11-13)25(3,21)22/h4,6-7,10-11H,5,8-9H2,1-3H3. The smallest absolute Gasteiger partial charge is 0.289 e. The zero-order valence-corrected chi connectivity index (χ0v) is 16.7. The Balaban J connectivity index is 1.85. The van der Waals surface area contributed by atoms with E-state index in [2.05, 4.69) is 15.9 Å². The van der Waals surface area contributed by atoms with Gasteiger partial charge < -0.3 is 14.1 Å². The van der Waals surface area contributed by atoms with Gasteiger partial charge in [0.1, 0.15) is 5.75 Å². The molecule has 0 bridgehead atoms. The lowest BCUT2D eigenvalue weighted by Crippen LogP contribution is -2.28. The molecule has 25 heavy (non-hydrogen) atoms. The number of ether oxygens (including phenoxy) is 1. The van der Waals surface area contributed by atoms with E-state index in [1.165, 1.54) is 12.1 Å². The van der Waals surface area contributed by atoms with Crippen LogP contribution in [0.25, 0.3) is 0 Å². The Bertz CT molecular complexity index is 860. The first-order valence-corrected chi connectivity index (χ1v) is 10.3. The molecule has 1 aromatic carbocycles. The van der Waals surface area contributed by atoms with Crippen LogP contribution in [0.2, 0.25) is 0 Å². The molecule has 0 aliphatic heterocycles. The predicted octanol–water partition coefficient (Wildman–Crippen LogP) is 3.30. The van der Waals surface area contributed by atoms with Crippen molar-refractivity contribution < 1.29 is 22.4 Å². The molecule has 1 heterocycles. The molecule has 2 rings (SSSR count). The van der Waals surface area contributed by atoms with E-state index >= 15 is 0 Å². The highest BCUT2D eigenvalue weighted by molar-refractivity contribution is 9.10. The van der Waals surface area contributed by atoms with Crippen molar-refractivity contribution in [3.63, 3.8) is 0 Å². The van der Waals surface area contributed by atoms with Crippen LogP contribution in [-0.4, -0.2) is 45.7 Å². The maximum atomic E-state index is 12.3. The number of sulfone groups is 1. The fourth-order valence-corrected chi connectivity index (χ4v) is 3.38. The van der Waals surface area contributed by atoms with Crippen LogP contribution < -0.4 is 4.74 Å². The van der Waals surface area contributed by atoms with Crippen LogP contribution in [-0.2, 0) is 9.84 Å². The van der Waals surface area contributed by atoms with Crippen molar-refractivity contribution in [1.29, 1.82) is 0 Å². The van der Waals surface area contributed by atoms with Gasteiger partial charge in [-0.2, -0.15) is 0 Å². The average Bonchev–Trinajstić information content (AvgIpc) is 2.88. The number of amides is 1. The Morgan fingerprint density at radius 2 is 2.04 bits per heavy atom. The minimum atomic E-state index is -3.26. The minimum Gasteiger partial charge on any atom is -0.493 e. The van der Waals surface area contributed by atoms with Gasteiger partial charge in [0.05, 0.1) is 11.5 Å².